The monoisotopic (exact) mass is 417 g/mol. The Morgan fingerprint density at radius 1 is 1.00 bits per heavy atom. The first-order chi connectivity index (χ1) is 14.6. The van der Waals surface area contributed by atoms with Crippen LogP contribution in [0.3, 0.4) is 0 Å². The summed E-state index contributed by atoms with van der Waals surface area (Å²) in [4.78, 5) is 12.7. The van der Waals surface area contributed by atoms with Crippen molar-refractivity contribution in [1.82, 2.24) is 5.32 Å². The van der Waals surface area contributed by atoms with Crippen LogP contribution < -0.4 is 10.1 Å². The molecule has 0 unspecified atom stereocenters. The Morgan fingerprint density at radius 3 is 2.23 bits per heavy atom. The van der Waals surface area contributed by atoms with Gasteiger partial charge in [0.1, 0.15) is 5.76 Å². The molecule has 4 nitrogen and oxygen atoms in total. The van der Waals surface area contributed by atoms with E-state index in [1.807, 2.05) is 66.7 Å². The van der Waals surface area contributed by atoms with Crippen molar-refractivity contribution in [3.05, 3.63) is 107 Å². The lowest BCUT2D eigenvalue weighted by Gasteiger charge is -2.19. The number of carbonyl (C=O) groups is 1. The molecule has 0 bridgehead atoms. The quantitative estimate of drug-likeness (QED) is 0.390. The van der Waals surface area contributed by atoms with E-state index in [0.717, 1.165) is 16.5 Å². The van der Waals surface area contributed by atoms with E-state index in [9.17, 15) is 4.79 Å². The van der Waals surface area contributed by atoms with Crippen molar-refractivity contribution in [2.45, 2.75) is 6.04 Å². The van der Waals surface area contributed by atoms with Gasteiger partial charge in [0.25, 0.3) is 0 Å². The maximum atomic E-state index is 12.7. The number of halogens is 1. The summed E-state index contributed by atoms with van der Waals surface area (Å²) in [7, 11) is 1.56. The van der Waals surface area contributed by atoms with Gasteiger partial charge in [0.05, 0.1) is 13.2 Å². The molecule has 3 aromatic carbocycles. The number of hydrogen-bond donors (Lipinski definition) is 1. The molecule has 5 heteroatoms. The minimum absolute atomic E-state index is 0.224. The summed E-state index contributed by atoms with van der Waals surface area (Å²) in [6.45, 7) is 0. The highest BCUT2D eigenvalue weighted by Gasteiger charge is 2.15. The maximum absolute atomic E-state index is 12.7. The van der Waals surface area contributed by atoms with E-state index in [2.05, 4.69) is 5.32 Å². The van der Waals surface area contributed by atoms with Crippen LogP contribution in [0.5, 0.6) is 5.75 Å². The Kier molecular flexibility index (Phi) is 5.87. The third-order valence-electron chi connectivity index (χ3n) is 4.74. The van der Waals surface area contributed by atoms with Crippen molar-refractivity contribution in [3.8, 4) is 5.75 Å². The molecule has 4 rings (SSSR count). The van der Waals surface area contributed by atoms with Crippen LogP contribution in [-0.4, -0.2) is 13.0 Å². The summed E-state index contributed by atoms with van der Waals surface area (Å²) in [5, 5.41) is 4.44. The van der Waals surface area contributed by atoms with Gasteiger partial charge in [-0.3, -0.25) is 4.79 Å². The van der Waals surface area contributed by atoms with E-state index >= 15 is 0 Å². The normalized spacial score (nSPS) is 11.3. The summed E-state index contributed by atoms with van der Waals surface area (Å²) < 4.78 is 11.1. The second-order valence-corrected chi connectivity index (χ2v) is 7.21. The Bertz CT molecular complexity index is 1140. The fraction of sp³-hybridized carbons (Fsp3) is 0.0800. The fourth-order valence-corrected chi connectivity index (χ4v) is 3.55. The smallest absolute Gasteiger partial charge is 0.244 e. The minimum atomic E-state index is -0.251. The van der Waals surface area contributed by atoms with Crippen LogP contribution in [-0.2, 0) is 4.79 Å². The van der Waals surface area contributed by atoms with Crippen LogP contribution in [0.4, 0.5) is 0 Å². The number of fused-ring (bicyclic) bond motifs is 1. The molecule has 0 aliphatic heterocycles. The Hall–Kier alpha value is -3.50. The van der Waals surface area contributed by atoms with Crippen molar-refractivity contribution >= 4 is 34.6 Å². The van der Waals surface area contributed by atoms with E-state index in [4.69, 9.17) is 20.8 Å². The first-order valence-electron chi connectivity index (χ1n) is 9.49. The van der Waals surface area contributed by atoms with Gasteiger partial charge >= 0.3 is 0 Å². The van der Waals surface area contributed by atoms with Gasteiger partial charge in [0.15, 0.2) is 11.3 Å². The zero-order valence-electron chi connectivity index (χ0n) is 16.3. The maximum Gasteiger partial charge on any atom is 0.244 e. The Balaban J connectivity index is 1.56. The number of benzene rings is 3. The van der Waals surface area contributed by atoms with Gasteiger partial charge in [-0.15, -0.1) is 0 Å². The van der Waals surface area contributed by atoms with Crippen molar-refractivity contribution in [2.75, 3.05) is 7.11 Å². The Labute approximate surface area is 179 Å². The molecule has 0 saturated heterocycles. The van der Waals surface area contributed by atoms with Crippen LogP contribution in [0.25, 0.3) is 17.0 Å². The molecular formula is C25H20ClNO3. The second kappa shape index (κ2) is 8.89. The molecule has 0 aliphatic carbocycles. The number of ether oxygens (including phenoxy) is 1. The van der Waals surface area contributed by atoms with Gasteiger partial charge < -0.3 is 14.5 Å². The lowest BCUT2D eigenvalue weighted by Crippen LogP contribution is -2.27. The van der Waals surface area contributed by atoms with Crippen LogP contribution >= 0.6 is 11.6 Å². The zero-order valence-corrected chi connectivity index (χ0v) is 17.1. The van der Waals surface area contributed by atoms with E-state index in [1.165, 1.54) is 6.08 Å². The third kappa shape index (κ3) is 4.39. The molecule has 0 aliphatic rings. The van der Waals surface area contributed by atoms with Crippen molar-refractivity contribution < 1.29 is 13.9 Å². The van der Waals surface area contributed by atoms with Gasteiger partial charge in [-0.05, 0) is 29.3 Å². The molecule has 0 radical (unpaired) electrons. The lowest BCUT2D eigenvalue weighted by molar-refractivity contribution is -0.116. The summed E-state index contributed by atoms with van der Waals surface area (Å²) >= 11 is 6.11. The van der Waals surface area contributed by atoms with E-state index in [1.54, 1.807) is 25.3 Å². The predicted octanol–water partition coefficient (Wildman–Crippen LogP) is 6.01. The molecule has 0 atom stereocenters. The first-order valence-corrected chi connectivity index (χ1v) is 9.87. The molecule has 0 fully saturated rings. The topological polar surface area (TPSA) is 51.5 Å². The van der Waals surface area contributed by atoms with E-state index in [-0.39, 0.29) is 11.9 Å². The molecule has 30 heavy (non-hydrogen) atoms. The standard InChI is InChI=1S/C25H20ClNO3/c1-29-22-16-20(26)14-19-15-21(30-25(19)22)12-13-23(28)27-24(17-8-4-2-5-9-17)18-10-6-3-7-11-18/h2-16,24H,1H3,(H,27,28)/b13-12+. The molecule has 150 valence electrons. The summed E-state index contributed by atoms with van der Waals surface area (Å²) in [5.41, 5.74) is 2.61. The van der Waals surface area contributed by atoms with E-state index < -0.39 is 0 Å². The minimum Gasteiger partial charge on any atom is -0.493 e. The highest BCUT2D eigenvalue weighted by Crippen LogP contribution is 2.32. The van der Waals surface area contributed by atoms with Gasteiger partial charge in [0.2, 0.25) is 5.91 Å². The van der Waals surface area contributed by atoms with Gasteiger partial charge in [0, 0.05) is 22.6 Å². The number of furan rings is 1. The highest BCUT2D eigenvalue weighted by atomic mass is 35.5. The van der Waals surface area contributed by atoms with Gasteiger partial charge in [-0.25, -0.2) is 0 Å². The number of nitrogens with one attached hydrogen (secondary N) is 1. The van der Waals surface area contributed by atoms with Gasteiger partial charge in [-0.1, -0.05) is 72.3 Å². The van der Waals surface area contributed by atoms with Gasteiger partial charge in [-0.2, -0.15) is 0 Å². The highest BCUT2D eigenvalue weighted by molar-refractivity contribution is 6.31. The molecule has 4 aromatic rings. The molecule has 0 saturated carbocycles. The molecule has 1 heterocycles. The molecule has 1 aromatic heterocycles. The number of carbonyl (C=O) groups excluding carboxylic acids is 1. The number of amides is 1. The first kappa shape index (κ1) is 19.8. The van der Waals surface area contributed by atoms with E-state index in [0.29, 0.717) is 22.1 Å². The SMILES string of the molecule is COc1cc(Cl)cc2cc(/C=C/C(=O)NC(c3ccccc3)c3ccccc3)oc12. The predicted molar refractivity (Wildman–Crippen MR) is 120 cm³/mol. The summed E-state index contributed by atoms with van der Waals surface area (Å²) in [5.74, 6) is 0.865. The number of hydrogen-bond acceptors (Lipinski definition) is 3. The van der Waals surface area contributed by atoms with Crippen LogP contribution in [0.1, 0.15) is 22.9 Å². The third-order valence-corrected chi connectivity index (χ3v) is 4.96. The fourth-order valence-electron chi connectivity index (χ4n) is 3.34. The lowest BCUT2D eigenvalue weighted by atomic mass is 9.99. The largest absolute Gasteiger partial charge is 0.493 e. The average molecular weight is 418 g/mol. The molecule has 1 amide bonds. The zero-order chi connectivity index (χ0) is 20.9. The van der Waals surface area contributed by atoms with Crippen molar-refractivity contribution in [1.29, 1.82) is 0 Å². The second-order valence-electron chi connectivity index (χ2n) is 6.77. The van der Waals surface area contributed by atoms with Crippen LogP contribution in [0, 0.1) is 0 Å². The molecular weight excluding hydrogens is 398 g/mol. The molecule has 1 N–H and O–H groups in total. The van der Waals surface area contributed by atoms with Crippen molar-refractivity contribution in [3.63, 3.8) is 0 Å². The number of methoxy groups -OCH3 is 1. The summed E-state index contributed by atoms with van der Waals surface area (Å²) in [6.07, 6.45) is 3.10. The Morgan fingerprint density at radius 2 is 1.63 bits per heavy atom. The molecule has 0 spiro atoms. The van der Waals surface area contributed by atoms with Crippen LogP contribution in [0.2, 0.25) is 5.02 Å². The average Bonchev–Trinajstić information content (AvgIpc) is 3.19. The van der Waals surface area contributed by atoms with Crippen LogP contribution in [0.15, 0.2) is 89.4 Å². The summed E-state index contributed by atoms with van der Waals surface area (Å²) in [6, 6.07) is 24.8. The van der Waals surface area contributed by atoms with Crippen molar-refractivity contribution in [2.24, 2.45) is 0 Å². The number of rotatable bonds is 6.